The molecule has 2 aromatic carbocycles. The highest BCUT2D eigenvalue weighted by Gasteiger charge is 2.22. The van der Waals surface area contributed by atoms with E-state index in [9.17, 15) is 0 Å². The van der Waals surface area contributed by atoms with Crippen LogP contribution in [0.5, 0.6) is 5.75 Å². The van der Waals surface area contributed by atoms with Crippen LogP contribution in [0.4, 0.5) is 0 Å². The molecular weight excluding hydrogens is 434 g/mol. The zero-order chi connectivity index (χ0) is 17.3. The SMILES string of the molecule is COc1c(CBr)nn(-c2ccc(Cl)cc2Cl)c1-c1ccc(Cl)cc1. The van der Waals surface area contributed by atoms with E-state index in [1.807, 2.05) is 30.3 Å². The number of benzene rings is 2. The zero-order valence-electron chi connectivity index (χ0n) is 12.6. The number of hydrogen-bond donors (Lipinski definition) is 0. The van der Waals surface area contributed by atoms with Crippen molar-refractivity contribution in [3.05, 3.63) is 63.2 Å². The molecule has 0 unspecified atom stereocenters. The van der Waals surface area contributed by atoms with E-state index in [1.165, 1.54) is 0 Å². The number of ether oxygens (including phenoxy) is 1. The molecule has 0 saturated heterocycles. The second-order valence-electron chi connectivity index (χ2n) is 4.98. The van der Waals surface area contributed by atoms with Gasteiger partial charge in [-0.25, -0.2) is 4.68 Å². The highest BCUT2D eigenvalue weighted by molar-refractivity contribution is 9.08. The standard InChI is InChI=1S/C17H12BrCl3N2O/c1-24-17-14(9-18)22-23(15-7-6-12(20)8-13(15)21)16(17)10-2-4-11(19)5-3-10/h2-8H,9H2,1H3. The largest absolute Gasteiger partial charge is 0.492 e. The summed E-state index contributed by atoms with van der Waals surface area (Å²) in [5.41, 5.74) is 3.21. The monoisotopic (exact) mass is 444 g/mol. The van der Waals surface area contributed by atoms with Crippen LogP contribution in [0.25, 0.3) is 16.9 Å². The third kappa shape index (κ3) is 3.29. The molecule has 0 saturated carbocycles. The van der Waals surface area contributed by atoms with E-state index in [-0.39, 0.29) is 0 Å². The van der Waals surface area contributed by atoms with E-state index in [0.717, 1.165) is 22.6 Å². The van der Waals surface area contributed by atoms with Crippen LogP contribution >= 0.6 is 50.7 Å². The average Bonchev–Trinajstić information content (AvgIpc) is 2.94. The van der Waals surface area contributed by atoms with Gasteiger partial charge < -0.3 is 4.74 Å². The number of methoxy groups -OCH3 is 1. The van der Waals surface area contributed by atoms with Gasteiger partial charge in [0.1, 0.15) is 11.4 Å². The lowest BCUT2D eigenvalue weighted by Gasteiger charge is -2.11. The van der Waals surface area contributed by atoms with Gasteiger partial charge in [-0.05, 0) is 30.3 Å². The van der Waals surface area contributed by atoms with Crippen LogP contribution in [0.2, 0.25) is 15.1 Å². The van der Waals surface area contributed by atoms with Gasteiger partial charge >= 0.3 is 0 Å². The molecule has 0 aliphatic rings. The van der Waals surface area contributed by atoms with E-state index in [0.29, 0.717) is 26.1 Å². The molecule has 0 amide bonds. The van der Waals surface area contributed by atoms with Gasteiger partial charge in [-0.15, -0.1) is 0 Å². The van der Waals surface area contributed by atoms with Crippen LogP contribution in [-0.2, 0) is 5.33 Å². The van der Waals surface area contributed by atoms with Gasteiger partial charge in [0.2, 0.25) is 0 Å². The van der Waals surface area contributed by atoms with Crippen molar-refractivity contribution < 1.29 is 4.74 Å². The summed E-state index contributed by atoms with van der Waals surface area (Å²) >= 11 is 21.8. The summed E-state index contributed by atoms with van der Waals surface area (Å²) in [4.78, 5) is 0. The third-order valence-corrected chi connectivity index (χ3v) is 4.82. The molecule has 124 valence electrons. The van der Waals surface area contributed by atoms with Crippen LogP contribution in [0.15, 0.2) is 42.5 Å². The average molecular weight is 447 g/mol. The Hall–Kier alpha value is -1.20. The zero-order valence-corrected chi connectivity index (χ0v) is 16.4. The lowest BCUT2D eigenvalue weighted by atomic mass is 10.1. The molecule has 0 atom stereocenters. The first-order valence-electron chi connectivity index (χ1n) is 6.98. The van der Waals surface area contributed by atoms with E-state index < -0.39 is 0 Å². The Morgan fingerprint density at radius 3 is 2.29 bits per heavy atom. The summed E-state index contributed by atoms with van der Waals surface area (Å²) < 4.78 is 7.36. The minimum atomic E-state index is 0.504. The van der Waals surface area contributed by atoms with Crippen LogP contribution in [-0.4, -0.2) is 16.9 Å². The summed E-state index contributed by atoms with van der Waals surface area (Å²) in [6, 6.07) is 12.8. The van der Waals surface area contributed by atoms with Gasteiger partial charge in [0.25, 0.3) is 0 Å². The fourth-order valence-electron chi connectivity index (χ4n) is 2.44. The molecular formula is C17H12BrCl3N2O. The molecule has 1 aromatic heterocycles. The van der Waals surface area contributed by atoms with Crippen molar-refractivity contribution in [3.63, 3.8) is 0 Å². The lowest BCUT2D eigenvalue weighted by Crippen LogP contribution is -2.01. The van der Waals surface area contributed by atoms with Crippen molar-refractivity contribution in [1.82, 2.24) is 9.78 Å². The van der Waals surface area contributed by atoms with Crippen LogP contribution in [0, 0.1) is 0 Å². The van der Waals surface area contributed by atoms with Gasteiger partial charge in [0.05, 0.1) is 23.1 Å². The fourth-order valence-corrected chi connectivity index (χ4v) is 3.42. The maximum atomic E-state index is 6.38. The molecule has 0 bridgehead atoms. The first-order valence-corrected chi connectivity index (χ1v) is 9.24. The fraction of sp³-hybridized carbons (Fsp3) is 0.118. The van der Waals surface area contributed by atoms with Crippen molar-refractivity contribution in [2.75, 3.05) is 7.11 Å². The van der Waals surface area contributed by atoms with Crippen molar-refractivity contribution in [2.45, 2.75) is 5.33 Å². The predicted octanol–water partition coefficient (Wildman–Crippen LogP) is 6.40. The van der Waals surface area contributed by atoms with Crippen LogP contribution < -0.4 is 4.74 Å². The van der Waals surface area contributed by atoms with E-state index in [4.69, 9.17) is 39.5 Å². The van der Waals surface area contributed by atoms with E-state index in [1.54, 1.807) is 23.9 Å². The molecule has 0 aliphatic heterocycles. The third-order valence-electron chi connectivity index (χ3n) is 3.50. The lowest BCUT2D eigenvalue weighted by molar-refractivity contribution is 0.413. The molecule has 0 N–H and O–H groups in total. The van der Waals surface area contributed by atoms with Crippen molar-refractivity contribution >= 4 is 50.7 Å². The molecule has 3 nitrogen and oxygen atoms in total. The molecule has 24 heavy (non-hydrogen) atoms. The Labute approximate surface area is 163 Å². The summed E-state index contributed by atoms with van der Waals surface area (Å²) in [6.07, 6.45) is 0. The second-order valence-corrected chi connectivity index (χ2v) is 6.82. The molecule has 0 fully saturated rings. The van der Waals surface area contributed by atoms with Gasteiger partial charge in [-0.2, -0.15) is 5.10 Å². The molecule has 0 radical (unpaired) electrons. The number of hydrogen-bond acceptors (Lipinski definition) is 2. The van der Waals surface area contributed by atoms with Crippen LogP contribution in [0.3, 0.4) is 0 Å². The summed E-state index contributed by atoms with van der Waals surface area (Å²) in [7, 11) is 1.62. The van der Waals surface area contributed by atoms with Crippen molar-refractivity contribution in [2.24, 2.45) is 0 Å². The highest BCUT2D eigenvalue weighted by Crippen LogP contribution is 2.38. The maximum absolute atomic E-state index is 6.38. The highest BCUT2D eigenvalue weighted by atomic mass is 79.9. The van der Waals surface area contributed by atoms with Gasteiger partial charge in [-0.3, -0.25) is 0 Å². The smallest absolute Gasteiger partial charge is 0.169 e. The normalized spacial score (nSPS) is 10.9. The molecule has 7 heteroatoms. The maximum Gasteiger partial charge on any atom is 0.169 e. The van der Waals surface area contributed by atoms with Gasteiger partial charge in [0.15, 0.2) is 5.75 Å². The van der Waals surface area contributed by atoms with Gasteiger partial charge in [-0.1, -0.05) is 62.9 Å². The van der Waals surface area contributed by atoms with Gasteiger partial charge in [0, 0.05) is 15.6 Å². The minimum absolute atomic E-state index is 0.504. The quantitative estimate of drug-likeness (QED) is 0.434. The number of halogens is 4. The Kier molecular flexibility index (Phi) is 5.40. The predicted molar refractivity (Wildman–Crippen MR) is 103 cm³/mol. The molecule has 0 aliphatic carbocycles. The summed E-state index contributed by atoms with van der Waals surface area (Å²) in [5, 5.41) is 6.93. The number of rotatable bonds is 4. The summed E-state index contributed by atoms with van der Waals surface area (Å²) in [6.45, 7) is 0. The Morgan fingerprint density at radius 2 is 1.71 bits per heavy atom. The Morgan fingerprint density at radius 1 is 1.04 bits per heavy atom. The second kappa shape index (κ2) is 7.36. The molecule has 0 spiro atoms. The molecule has 3 aromatic rings. The first kappa shape index (κ1) is 17.6. The Balaban J connectivity index is 2.29. The number of nitrogens with zero attached hydrogens (tertiary/aromatic N) is 2. The topological polar surface area (TPSA) is 27.1 Å². The van der Waals surface area contributed by atoms with Crippen molar-refractivity contribution in [1.29, 1.82) is 0 Å². The van der Waals surface area contributed by atoms with Crippen molar-refractivity contribution in [3.8, 4) is 22.7 Å². The van der Waals surface area contributed by atoms with E-state index in [2.05, 4.69) is 21.0 Å². The van der Waals surface area contributed by atoms with Crippen LogP contribution in [0.1, 0.15) is 5.69 Å². The number of alkyl halides is 1. The first-order chi connectivity index (χ1) is 11.5. The minimum Gasteiger partial charge on any atom is -0.492 e. The number of aromatic nitrogens is 2. The van der Waals surface area contributed by atoms with E-state index >= 15 is 0 Å². The molecule has 1 heterocycles. The Bertz CT molecular complexity index is 878. The molecule has 3 rings (SSSR count). The summed E-state index contributed by atoms with van der Waals surface area (Å²) in [5.74, 6) is 0.681.